The minimum Gasteiger partial charge on any atom is -0.497 e. The van der Waals surface area contributed by atoms with Gasteiger partial charge in [-0.1, -0.05) is 11.8 Å². The molecule has 1 aliphatic rings. The molecule has 1 aliphatic heterocycles. The molecule has 0 bridgehead atoms. The first-order valence-electron chi connectivity index (χ1n) is 12.0. The Hall–Kier alpha value is -3.19. The second-order valence-corrected chi connectivity index (χ2v) is 9.44. The number of benzene rings is 2. The molecule has 1 fully saturated rings. The van der Waals surface area contributed by atoms with Crippen LogP contribution in [-0.4, -0.2) is 53.4 Å². The number of halogens is 4. The molecule has 1 atom stereocenters. The summed E-state index contributed by atoms with van der Waals surface area (Å²) in [6.07, 6.45) is 1.97. The van der Waals surface area contributed by atoms with Gasteiger partial charge in [-0.05, 0) is 68.5 Å². The molecule has 1 saturated heterocycles. The van der Waals surface area contributed by atoms with Gasteiger partial charge < -0.3 is 14.9 Å². The standard InChI is InChI=1S/C28H28F4N2O3/c1-37-20-4-5-24-21(15-20)26(23(31)16-33-24)25(36)6-7-28(17-35)8-11-34(12-9-28)10-2-3-18-13-19(29)14-22(30)27(18)32/h4-5,13-16,25,35-36H,6-12,17H2,1H3/t25-/m0/s1. The zero-order chi connectivity index (χ0) is 26.6. The van der Waals surface area contributed by atoms with Crippen molar-refractivity contribution in [1.82, 2.24) is 9.88 Å². The van der Waals surface area contributed by atoms with E-state index >= 15 is 0 Å². The summed E-state index contributed by atoms with van der Waals surface area (Å²) < 4.78 is 60.4. The van der Waals surface area contributed by atoms with Crippen molar-refractivity contribution in [3.63, 3.8) is 0 Å². The maximum absolute atomic E-state index is 14.7. The Morgan fingerprint density at radius 3 is 2.57 bits per heavy atom. The lowest BCUT2D eigenvalue weighted by atomic mass is 9.74. The fraction of sp³-hybridized carbons (Fsp3) is 0.393. The lowest BCUT2D eigenvalue weighted by Gasteiger charge is -2.40. The highest BCUT2D eigenvalue weighted by Crippen LogP contribution is 2.39. The molecule has 0 spiro atoms. The van der Waals surface area contributed by atoms with Crippen LogP contribution in [0, 0.1) is 40.5 Å². The molecule has 2 N–H and O–H groups in total. The number of likely N-dealkylation sites (tertiary alicyclic amines) is 1. The first kappa shape index (κ1) is 26.9. The molecular formula is C28H28F4N2O3. The molecule has 2 heterocycles. The maximum atomic E-state index is 14.7. The smallest absolute Gasteiger partial charge is 0.174 e. The lowest BCUT2D eigenvalue weighted by Crippen LogP contribution is -2.42. The second-order valence-electron chi connectivity index (χ2n) is 9.44. The Bertz CT molecular complexity index is 1330. The van der Waals surface area contributed by atoms with Crippen LogP contribution in [0.25, 0.3) is 10.9 Å². The van der Waals surface area contributed by atoms with Gasteiger partial charge in [0.15, 0.2) is 11.6 Å². The van der Waals surface area contributed by atoms with Gasteiger partial charge in [0.2, 0.25) is 0 Å². The van der Waals surface area contributed by atoms with E-state index in [0.29, 0.717) is 55.1 Å². The number of ether oxygens (including phenoxy) is 1. The third-order valence-electron chi connectivity index (χ3n) is 7.12. The molecule has 2 aromatic carbocycles. The molecule has 37 heavy (non-hydrogen) atoms. The van der Waals surface area contributed by atoms with Crippen molar-refractivity contribution in [3.8, 4) is 17.6 Å². The van der Waals surface area contributed by atoms with Gasteiger partial charge in [-0.3, -0.25) is 9.88 Å². The van der Waals surface area contributed by atoms with E-state index in [-0.39, 0.29) is 30.7 Å². The monoisotopic (exact) mass is 516 g/mol. The number of piperidine rings is 1. The Morgan fingerprint density at radius 2 is 1.86 bits per heavy atom. The molecule has 4 rings (SSSR count). The van der Waals surface area contributed by atoms with E-state index in [1.807, 2.05) is 4.90 Å². The number of aliphatic hydroxyl groups excluding tert-OH is 2. The third kappa shape index (κ3) is 6.04. The van der Waals surface area contributed by atoms with Gasteiger partial charge in [0.25, 0.3) is 0 Å². The fourth-order valence-corrected chi connectivity index (χ4v) is 4.79. The molecule has 0 unspecified atom stereocenters. The van der Waals surface area contributed by atoms with E-state index < -0.39 is 34.8 Å². The van der Waals surface area contributed by atoms with Crippen molar-refractivity contribution in [2.45, 2.75) is 31.8 Å². The maximum Gasteiger partial charge on any atom is 0.174 e. The summed E-state index contributed by atoms with van der Waals surface area (Å²) in [6, 6.07) is 6.40. The molecule has 5 nitrogen and oxygen atoms in total. The zero-order valence-electron chi connectivity index (χ0n) is 20.4. The number of aromatic nitrogens is 1. The summed E-state index contributed by atoms with van der Waals surface area (Å²) in [4.78, 5) is 6.10. The molecule has 3 aromatic rings. The number of pyridine rings is 1. The first-order valence-corrected chi connectivity index (χ1v) is 12.0. The van der Waals surface area contributed by atoms with Gasteiger partial charge in [0.05, 0.1) is 37.0 Å². The third-order valence-corrected chi connectivity index (χ3v) is 7.12. The lowest BCUT2D eigenvalue weighted by molar-refractivity contribution is 0.0270. The minimum absolute atomic E-state index is 0.0829. The van der Waals surface area contributed by atoms with Crippen LogP contribution in [0.2, 0.25) is 0 Å². The van der Waals surface area contributed by atoms with Gasteiger partial charge >= 0.3 is 0 Å². The molecule has 0 saturated carbocycles. The van der Waals surface area contributed by atoms with Crippen molar-refractivity contribution in [2.24, 2.45) is 5.41 Å². The number of nitrogens with zero attached hydrogens (tertiary/aromatic N) is 2. The van der Waals surface area contributed by atoms with E-state index in [4.69, 9.17) is 4.74 Å². The summed E-state index contributed by atoms with van der Waals surface area (Å²) in [5, 5.41) is 21.6. The van der Waals surface area contributed by atoms with E-state index in [2.05, 4.69) is 16.8 Å². The SMILES string of the molecule is COc1ccc2ncc(F)c([C@@H](O)CCC3(CO)CCN(CC#Cc4cc(F)cc(F)c4F)CC3)c2c1. The van der Waals surface area contributed by atoms with E-state index in [9.17, 15) is 27.8 Å². The highest BCUT2D eigenvalue weighted by Gasteiger charge is 2.34. The van der Waals surface area contributed by atoms with Crippen molar-refractivity contribution < 1.29 is 32.5 Å². The second kappa shape index (κ2) is 11.5. The van der Waals surface area contributed by atoms with Crippen LogP contribution in [0.3, 0.4) is 0 Å². The summed E-state index contributed by atoms with van der Waals surface area (Å²) in [5.74, 6) is 1.82. The van der Waals surface area contributed by atoms with Gasteiger partial charge in [-0.2, -0.15) is 0 Å². The molecular weight excluding hydrogens is 488 g/mol. The Kier molecular flexibility index (Phi) is 8.32. The van der Waals surface area contributed by atoms with Gasteiger partial charge in [0, 0.05) is 23.6 Å². The Labute approximate surface area is 212 Å². The number of rotatable bonds is 7. The topological polar surface area (TPSA) is 65.8 Å². The average Bonchev–Trinajstić information content (AvgIpc) is 2.90. The van der Waals surface area contributed by atoms with Crippen LogP contribution >= 0.6 is 0 Å². The Morgan fingerprint density at radius 1 is 1.11 bits per heavy atom. The number of hydrogen-bond acceptors (Lipinski definition) is 5. The average molecular weight is 517 g/mol. The minimum atomic E-state index is -1.28. The Balaban J connectivity index is 1.38. The first-order chi connectivity index (χ1) is 17.7. The van der Waals surface area contributed by atoms with E-state index in [1.54, 1.807) is 18.2 Å². The number of fused-ring (bicyclic) bond motifs is 1. The normalized spacial score (nSPS) is 16.3. The van der Waals surface area contributed by atoms with E-state index in [0.717, 1.165) is 12.3 Å². The van der Waals surface area contributed by atoms with Crippen LogP contribution in [0.15, 0.2) is 36.5 Å². The predicted octanol–water partition coefficient (Wildman–Crippen LogP) is 4.74. The zero-order valence-corrected chi connectivity index (χ0v) is 20.4. The summed E-state index contributed by atoms with van der Waals surface area (Å²) in [7, 11) is 1.51. The van der Waals surface area contributed by atoms with Gasteiger partial charge in [0.1, 0.15) is 17.4 Å². The molecule has 9 heteroatoms. The van der Waals surface area contributed by atoms with Crippen LogP contribution < -0.4 is 4.74 Å². The fourth-order valence-electron chi connectivity index (χ4n) is 4.79. The van der Waals surface area contributed by atoms with E-state index in [1.165, 1.54) is 7.11 Å². The van der Waals surface area contributed by atoms with Crippen molar-refractivity contribution in [3.05, 3.63) is 70.9 Å². The number of hydrogen-bond donors (Lipinski definition) is 2. The molecule has 196 valence electrons. The summed E-state index contributed by atoms with van der Waals surface area (Å²) >= 11 is 0. The van der Waals surface area contributed by atoms with Gasteiger partial charge in [-0.25, -0.2) is 17.6 Å². The molecule has 0 amide bonds. The summed E-state index contributed by atoms with van der Waals surface area (Å²) in [5.41, 5.74) is -0.0736. The molecule has 0 aliphatic carbocycles. The number of methoxy groups -OCH3 is 1. The molecule has 1 aromatic heterocycles. The molecule has 0 radical (unpaired) electrons. The van der Waals surface area contributed by atoms with Crippen LogP contribution in [0.4, 0.5) is 17.6 Å². The summed E-state index contributed by atoms with van der Waals surface area (Å²) in [6.45, 7) is 1.38. The quantitative estimate of drug-likeness (QED) is 0.270. The van der Waals surface area contributed by atoms with Crippen LogP contribution in [-0.2, 0) is 0 Å². The van der Waals surface area contributed by atoms with Crippen molar-refractivity contribution in [1.29, 1.82) is 0 Å². The van der Waals surface area contributed by atoms with Crippen LogP contribution in [0.5, 0.6) is 5.75 Å². The number of aliphatic hydroxyl groups is 2. The van der Waals surface area contributed by atoms with Crippen LogP contribution in [0.1, 0.15) is 42.9 Å². The van der Waals surface area contributed by atoms with Crippen molar-refractivity contribution >= 4 is 10.9 Å². The largest absolute Gasteiger partial charge is 0.497 e. The highest BCUT2D eigenvalue weighted by molar-refractivity contribution is 5.84. The predicted molar refractivity (Wildman–Crippen MR) is 131 cm³/mol. The van der Waals surface area contributed by atoms with Gasteiger partial charge in [-0.15, -0.1) is 0 Å². The highest BCUT2D eigenvalue weighted by atomic mass is 19.2. The van der Waals surface area contributed by atoms with Crippen molar-refractivity contribution in [2.75, 3.05) is 33.4 Å².